The topological polar surface area (TPSA) is 91.8 Å². The Morgan fingerprint density at radius 3 is 2.25 bits per heavy atom. The summed E-state index contributed by atoms with van der Waals surface area (Å²) in [7, 11) is 0. The number of rotatable bonds is 1. The van der Waals surface area contributed by atoms with Crippen molar-refractivity contribution in [2.24, 2.45) is 0 Å². The second kappa shape index (κ2) is 1.31. The molecule has 1 aliphatic rings. The molecule has 1 saturated heterocycles. The van der Waals surface area contributed by atoms with E-state index in [2.05, 4.69) is 14.5 Å². The summed E-state index contributed by atoms with van der Waals surface area (Å²) in [5, 5.41) is 16.0. The van der Waals surface area contributed by atoms with Gasteiger partial charge in [0.05, 0.1) is 0 Å². The standard InChI is InChI=1S/C2H2O6/c3-1(4)6-2(5)7-8-2/h5H,(H,3,4). The lowest BCUT2D eigenvalue weighted by molar-refractivity contribution is -0.180. The Balaban J connectivity index is 2.29. The predicted molar refractivity (Wildman–Crippen MR) is 16.2 cm³/mol. The molecule has 1 rings (SSSR count). The number of aliphatic hydroxyl groups is 1. The quantitative estimate of drug-likeness (QED) is 0.205. The molecule has 0 bridgehead atoms. The number of carboxylic acid groups (broad SMARTS) is 1. The van der Waals surface area contributed by atoms with Gasteiger partial charge in [0.2, 0.25) is 0 Å². The van der Waals surface area contributed by atoms with E-state index in [0.717, 1.165) is 0 Å². The number of carbonyl (C=O) groups is 1. The molecule has 0 atom stereocenters. The Labute approximate surface area is 43.1 Å². The minimum atomic E-state index is -2.33. The van der Waals surface area contributed by atoms with Crippen LogP contribution in [-0.4, -0.2) is 22.5 Å². The highest BCUT2D eigenvalue weighted by molar-refractivity contribution is 5.57. The largest absolute Gasteiger partial charge is 0.517 e. The molecule has 46 valence electrons. The van der Waals surface area contributed by atoms with Gasteiger partial charge in [0.15, 0.2) is 0 Å². The van der Waals surface area contributed by atoms with Gasteiger partial charge < -0.3 is 14.9 Å². The molecule has 0 aromatic rings. The number of ether oxygens (including phenoxy) is 1. The summed E-state index contributed by atoms with van der Waals surface area (Å²) in [6, 6.07) is 0. The first-order valence-corrected chi connectivity index (χ1v) is 1.63. The summed E-state index contributed by atoms with van der Waals surface area (Å²) in [4.78, 5) is 16.8. The van der Waals surface area contributed by atoms with Crippen LogP contribution in [0, 0.1) is 0 Å². The summed E-state index contributed by atoms with van der Waals surface area (Å²) >= 11 is 0. The highest BCUT2D eigenvalue weighted by Gasteiger charge is 2.53. The first-order chi connectivity index (χ1) is 3.62. The van der Waals surface area contributed by atoms with Crippen LogP contribution in [0.3, 0.4) is 0 Å². The summed E-state index contributed by atoms with van der Waals surface area (Å²) in [5.74, 6) is 0. The summed E-state index contributed by atoms with van der Waals surface area (Å²) in [5.41, 5.74) is 0. The lowest BCUT2D eigenvalue weighted by atomic mass is 11.1. The van der Waals surface area contributed by atoms with Crippen molar-refractivity contribution in [3.05, 3.63) is 0 Å². The maximum Gasteiger partial charge on any atom is 0.517 e. The van der Waals surface area contributed by atoms with Gasteiger partial charge in [-0.05, 0) is 0 Å². The molecule has 0 aliphatic carbocycles. The van der Waals surface area contributed by atoms with Crippen molar-refractivity contribution >= 4 is 6.16 Å². The smallest absolute Gasteiger partial charge is 0.450 e. The molecular weight excluding hydrogens is 120 g/mol. The number of hydrogen-bond donors (Lipinski definition) is 2. The van der Waals surface area contributed by atoms with Crippen LogP contribution in [0.2, 0.25) is 0 Å². The lowest BCUT2D eigenvalue weighted by Gasteiger charge is -1.92. The van der Waals surface area contributed by atoms with Crippen molar-refractivity contribution in [3.8, 4) is 0 Å². The SMILES string of the molecule is O=C(O)OC1(O)OO1. The molecule has 2 N–H and O–H groups in total. The molecule has 8 heavy (non-hydrogen) atoms. The van der Waals surface area contributed by atoms with Gasteiger partial charge in [-0.1, -0.05) is 0 Å². The van der Waals surface area contributed by atoms with Gasteiger partial charge in [0.25, 0.3) is 0 Å². The molecule has 0 radical (unpaired) electrons. The van der Waals surface area contributed by atoms with Crippen molar-refractivity contribution in [1.29, 1.82) is 0 Å². The van der Waals surface area contributed by atoms with Gasteiger partial charge in [-0.2, -0.15) is 0 Å². The van der Waals surface area contributed by atoms with Gasteiger partial charge in [-0.15, -0.1) is 9.78 Å². The first-order valence-electron chi connectivity index (χ1n) is 1.63. The van der Waals surface area contributed by atoms with Gasteiger partial charge in [-0.25, -0.2) is 4.79 Å². The highest BCUT2D eigenvalue weighted by Crippen LogP contribution is 2.26. The van der Waals surface area contributed by atoms with Crippen LogP contribution >= 0.6 is 0 Å². The molecule has 0 aromatic heterocycles. The minimum Gasteiger partial charge on any atom is -0.450 e. The van der Waals surface area contributed by atoms with Crippen LogP contribution in [-0.2, 0) is 14.5 Å². The molecule has 6 heteroatoms. The average molecular weight is 122 g/mol. The molecule has 0 spiro atoms. The third-order valence-corrected chi connectivity index (χ3v) is 0.442. The molecule has 0 amide bonds. The summed E-state index contributed by atoms with van der Waals surface area (Å²) < 4.78 is 3.58. The Hall–Kier alpha value is -0.850. The normalized spacial score (nSPS) is 22.1. The van der Waals surface area contributed by atoms with Crippen molar-refractivity contribution in [1.82, 2.24) is 0 Å². The third-order valence-electron chi connectivity index (χ3n) is 0.442. The summed E-state index contributed by atoms with van der Waals surface area (Å²) in [6.07, 6.45) is -3.99. The Kier molecular flexibility index (Phi) is 0.868. The zero-order chi connectivity index (χ0) is 6.20. The lowest BCUT2D eigenvalue weighted by Crippen LogP contribution is -2.17. The van der Waals surface area contributed by atoms with E-state index in [1.165, 1.54) is 0 Å². The maximum absolute atomic E-state index is 9.51. The van der Waals surface area contributed by atoms with E-state index < -0.39 is 12.3 Å². The van der Waals surface area contributed by atoms with E-state index in [1.807, 2.05) is 0 Å². The maximum atomic E-state index is 9.51. The molecule has 1 fully saturated rings. The molecule has 1 heterocycles. The Bertz CT molecular complexity index is 114. The molecule has 0 unspecified atom stereocenters. The second-order valence-electron chi connectivity index (χ2n) is 1.06. The van der Waals surface area contributed by atoms with Gasteiger partial charge in [0.1, 0.15) is 0 Å². The number of hydrogen-bond acceptors (Lipinski definition) is 5. The van der Waals surface area contributed by atoms with Crippen molar-refractivity contribution in [2.75, 3.05) is 0 Å². The fraction of sp³-hybridized carbons (Fsp3) is 0.500. The van der Waals surface area contributed by atoms with Crippen molar-refractivity contribution in [3.63, 3.8) is 0 Å². The highest BCUT2D eigenvalue weighted by atomic mass is 17.5. The molecule has 0 aromatic carbocycles. The van der Waals surface area contributed by atoms with Crippen LogP contribution in [0.1, 0.15) is 0 Å². The van der Waals surface area contributed by atoms with Gasteiger partial charge >= 0.3 is 12.3 Å². The van der Waals surface area contributed by atoms with E-state index in [0.29, 0.717) is 0 Å². The van der Waals surface area contributed by atoms with E-state index in [9.17, 15) is 4.79 Å². The first kappa shape index (κ1) is 5.29. The van der Waals surface area contributed by atoms with E-state index >= 15 is 0 Å². The molecular formula is C2H2O6. The van der Waals surface area contributed by atoms with Crippen molar-refractivity contribution in [2.45, 2.75) is 6.16 Å². The predicted octanol–water partition coefficient (Wildman–Crippen LogP) is -0.754. The minimum absolute atomic E-state index is 1.66. The van der Waals surface area contributed by atoms with E-state index in [-0.39, 0.29) is 0 Å². The molecule has 6 nitrogen and oxygen atoms in total. The molecule has 0 saturated carbocycles. The van der Waals surface area contributed by atoms with Crippen molar-refractivity contribution < 1.29 is 29.5 Å². The van der Waals surface area contributed by atoms with Crippen LogP contribution in [0.25, 0.3) is 0 Å². The molecule has 1 aliphatic heterocycles. The van der Waals surface area contributed by atoms with Crippen LogP contribution in [0.5, 0.6) is 0 Å². The van der Waals surface area contributed by atoms with E-state index in [1.54, 1.807) is 0 Å². The summed E-state index contributed by atoms with van der Waals surface area (Å²) in [6.45, 7) is 0. The van der Waals surface area contributed by atoms with Gasteiger partial charge in [-0.3, -0.25) is 0 Å². The fourth-order valence-electron chi connectivity index (χ4n) is 0.180. The Morgan fingerprint density at radius 1 is 1.62 bits per heavy atom. The van der Waals surface area contributed by atoms with Crippen LogP contribution < -0.4 is 0 Å². The zero-order valence-corrected chi connectivity index (χ0v) is 3.53. The third kappa shape index (κ3) is 1.06. The van der Waals surface area contributed by atoms with Crippen LogP contribution in [0.4, 0.5) is 4.79 Å². The van der Waals surface area contributed by atoms with Gasteiger partial charge in [0, 0.05) is 0 Å². The van der Waals surface area contributed by atoms with Crippen LogP contribution in [0.15, 0.2) is 0 Å². The zero-order valence-electron chi connectivity index (χ0n) is 3.53. The Morgan fingerprint density at radius 2 is 2.12 bits per heavy atom. The fourth-order valence-corrected chi connectivity index (χ4v) is 0.180. The monoisotopic (exact) mass is 122 g/mol. The average Bonchev–Trinajstić information content (AvgIpc) is 2.17. The van der Waals surface area contributed by atoms with E-state index in [4.69, 9.17) is 10.2 Å². The second-order valence-corrected chi connectivity index (χ2v) is 1.06.